The molecule has 1 aromatic carbocycles. The molecule has 7 heteroatoms. The van der Waals surface area contributed by atoms with Gasteiger partial charge in [-0.2, -0.15) is 0 Å². The van der Waals surface area contributed by atoms with Crippen LogP contribution in [0.3, 0.4) is 0 Å². The molecule has 1 aliphatic carbocycles. The van der Waals surface area contributed by atoms with Gasteiger partial charge in [0.05, 0.1) is 11.9 Å². The molecule has 1 aromatic rings. The van der Waals surface area contributed by atoms with Gasteiger partial charge in [-0.05, 0) is 38.0 Å². The fraction of sp³-hybridized carbons (Fsp3) is 0.562. The second-order valence-electron chi connectivity index (χ2n) is 6.06. The number of nitrogens with one attached hydrogen (secondary N) is 1. The summed E-state index contributed by atoms with van der Waals surface area (Å²) in [7, 11) is -3.61. The first kappa shape index (κ1) is 18.1. The molecule has 1 fully saturated rings. The monoisotopic (exact) mass is 358 g/mol. The Bertz CT molecular complexity index is 657. The highest BCUT2D eigenvalue weighted by Gasteiger charge is 2.30. The maximum Gasteiger partial charge on any atom is 0.243 e. The zero-order valence-corrected chi connectivity index (χ0v) is 15.0. The molecule has 0 spiro atoms. The molecule has 128 valence electrons. The minimum Gasteiger partial charge on any atom is -0.352 e. The normalized spacial score (nSPS) is 17.5. The molecular formula is C16H23ClN2O3S. The molecule has 0 aromatic heterocycles. The van der Waals surface area contributed by atoms with Crippen molar-refractivity contribution < 1.29 is 13.2 Å². The Morgan fingerprint density at radius 1 is 1.30 bits per heavy atom. The molecule has 5 nitrogen and oxygen atoms in total. The van der Waals surface area contributed by atoms with Crippen molar-refractivity contribution in [3.8, 4) is 0 Å². The number of sulfonamides is 1. The molecule has 0 bridgehead atoms. The summed E-state index contributed by atoms with van der Waals surface area (Å²) in [5, 5.41) is 3.40. The minimum absolute atomic E-state index is 0.138. The minimum atomic E-state index is -3.61. The second-order valence-corrected chi connectivity index (χ2v) is 8.35. The average molecular weight is 359 g/mol. The fourth-order valence-corrected chi connectivity index (χ4v) is 4.34. The molecule has 1 aliphatic rings. The molecule has 1 atom stereocenters. The van der Waals surface area contributed by atoms with Crippen molar-refractivity contribution in [3.05, 3.63) is 29.3 Å². The maximum atomic E-state index is 12.5. The summed E-state index contributed by atoms with van der Waals surface area (Å²) in [6.45, 7) is 1.60. The summed E-state index contributed by atoms with van der Waals surface area (Å²) in [5.41, 5.74) is 0.395. The summed E-state index contributed by atoms with van der Waals surface area (Å²) in [4.78, 5) is 12.5. The predicted octanol–water partition coefficient (Wildman–Crippen LogP) is 2.94. The van der Waals surface area contributed by atoms with E-state index in [9.17, 15) is 13.2 Å². The van der Waals surface area contributed by atoms with Crippen molar-refractivity contribution >= 4 is 33.2 Å². The Balaban J connectivity index is 2.19. The summed E-state index contributed by atoms with van der Waals surface area (Å²) in [5.74, 6) is -0.276. The van der Waals surface area contributed by atoms with Crippen LogP contribution in [-0.4, -0.2) is 32.7 Å². The first-order valence-electron chi connectivity index (χ1n) is 7.84. The standard InChI is InChI=1S/C16H23ClN2O3S/c1-12(16(20)18-14-8-4-3-5-9-14)19(23(2,21)22)15-10-6-7-13(17)11-15/h6-7,10-12,14H,3-5,8-9H2,1-2H3,(H,18,20)/t12-/m0/s1. The molecule has 1 N–H and O–H groups in total. The van der Waals surface area contributed by atoms with Gasteiger partial charge in [-0.3, -0.25) is 9.10 Å². The van der Waals surface area contributed by atoms with Crippen LogP contribution in [0.5, 0.6) is 0 Å². The lowest BCUT2D eigenvalue weighted by atomic mass is 9.95. The molecule has 0 radical (unpaired) electrons. The van der Waals surface area contributed by atoms with Crippen LogP contribution in [0.4, 0.5) is 5.69 Å². The van der Waals surface area contributed by atoms with Crippen molar-refractivity contribution in [1.82, 2.24) is 5.32 Å². The van der Waals surface area contributed by atoms with E-state index < -0.39 is 16.1 Å². The first-order chi connectivity index (χ1) is 10.8. The van der Waals surface area contributed by atoms with Crippen molar-refractivity contribution in [2.45, 2.75) is 51.1 Å². The number of nitrogens with zero attached hydrogens (tertiary/aromatic N) is 1. The lowest BCUT2D eigenvalue weighted by Crippen LogP contribution is -2.50. The van der Waals surface area contributed by atoms with E-state index in [-0.39, 0.29) is 11.9 Å². The van der Waals surface area contributed by atoms with Crippen LogP contribution in [0, 0.1) is 0 Å². The van der Waals surface area contributed by atoms with Crippen molar-refractivity contribution in [2.75, 3.05) is 10.6 Å². The third-order valence-electron chi connectivity index (χ3n) is 4.10. The van der Waals surface area contributed by atoms with E-state index in [0.29, 0.717) is 10.7 Å². The number of amides is 1. The number of carbonyl (C=O) groups excluding carboxylic acids is 1. The van der Waals surface area contributed by atoms with Crippen LogP contribution in [0.1, 0.15) is 39.0 Å². The second kappa shape index (κ2) is 7.53. The zero-order valence-electron chi connectivity index (χ0n) is 13.5. The molecule has 1 saturated carbocycles. The Morgan fingerprint density at radius 3 is 2.52 bits per heavy atom. The van der Waals surface area contributed by atoms with Crippen LogP contribution in [0.2, 0.25) is 5.02 Å². The highest BCUT2D eigenvalue weighted by atomic mass is 35.5. The van der Waals surface area contributed by atoms with Crippen molar-refractivity contribution in [3.63, 3.8) is 0 Å². The number of benzene rings is 1. The maximum absolute atomic E-state index is 12.5. The number of hydrogen-bond donors (Lipinski definition) is 1. The molecule has 0 unspecified atom stereocenters. The van der Waals surface area contributed by atoms with Gasteiger partial charge in [-0.15, -0.1) is 0 Å². The molecule has 1 amide bonds. The molecular weight excluding hydrogens is 336 g/mol. The van der Waals surface area contributed by atoms with Crippen LogP contribution in [-0.2, 0) is 14.8 Å². The number of halogens is 1. The fourth-order valence-electron chi connectivity index (χ4n) is 2.99. The van der Waals surface area contributed by atoms with Gasteiger partial charge >= 0.3 is 0 Å². The summed E-state index contributed by atoms with van der Waals surface area (Å²) < 4.78 is 25.5. The lowest BCUT2D eigenvalue weighted by Gasteiger charge is -2.30. The van der Waals surface area contributed by atoms with Gasteiger partial charge in [0.25, 0.3) is 0 Å². The molecule has 23 heavy (non-hydrogen) atoms. The smallest absolute Gasteiger partial charge is 0.243 e. The Morgan fingerprint density at radius 2 is 1.96 bits per heavy atom. The Hall–Kier alpha value is -1.27. The van der Waals surface area contributed by atoms with E-state index in [1.165, 1.54) is 6.42 Å². The quantitative estimate of drug-likeness (QED) is 0.880. The number of carbonyl (C=O) groups is 1. The number of hydrogen-bond acceptors (Lipinski definition) is 3. The van der Waals surface area contributed by atoms with E-state index in [2.05, 4.69) is 5.32 Å². The van der Waals surface area contributed by atoms with E-state index in [1.807, 2.05) is 0 Å². The van der Waals surface area contributed by atoms with Gasteiger partial charge in [-0.25, -0.2) is 8.42 Å². The van der Waals surface area contributed by atoms with E-state index in [0.717, 1.165) is 36.2 Å². The zero-order chi connectivity index (χ0) is 17.0. The summed E-state index contributed by atoms with van der Waals surface area (Å²) in [6, 6.07) is 5.83. The predicted molar refractivity (Wildman–Crippen MR) is 93.3 cm³/mol. The third kappa shape index (κ3) is 4.85. The van der Waals surface area contributed by atoms with Crippen LogP contribution < -0.4 is 9.62 Å². The SMILES string of the molecule is C[C@@H](C(=O)NC1CCCCC1)N(c1cccc(Cl)c1)S(C)(=O)=O. The van der Waals surface area contributed by atoms with Crippen LogP contribution in [0.15, 0.2) is 24.3 Å². The van der Waals surface area contributed by atoms with Gasteiger partial charge in [0.15, 0.2) is 0 Å². The van der Waals surface area contributed by atoms with E-state index >= 15 is 0 Å². The van der Waals surface area contributed by atoms with Gasteiger partial charge in [0.2, 0.25) is 15.9 Å². The van der Waals surface area contributed by atoms with Crippen molar-refractivity contribution in [2.24, 2.45) is 0 Å². The van der Waals surface area contributed by atoms with Crippen molar-refractivity contribution in [1.29, 1.82) is 0 Å². The van der Waals surface area contributed by atoms with Gasteiger partial charge in [-0.1, -0.05) is 36.9 Å². The molecule has 0 aliphatic heterocycles. The van der Waals surface area contributed by atoms with Crippen LogP contribution >= 0.6 is 11.6 Å². The van der Waals surface area contributed by atoms with Gasteiger partial charge in [0.1, 0.15) is 6.04 Å². The summed E-state index contributed by atoms with van der Waals surface area (Å²) >= 11 is 5.96. The average Bonchev–Trinajstić information content (AvgIpc) is 2.47. The lowest BCUT2D eigenvalue weighted by molar-refractivity contribution is -0.122. The van der Waals surface area contributed by atoms with Crippen LogP contribution in [0.25, 0.3) is 0 Å². The molecule has 0 saturated heterocycles. The summed E-state index contributed by atoms with van der Waals surface area (Å²) in [6.07, 6.45) is 6.40. The Labute approximate surface area is 143 Å². The molecule has 0 heterocycles. The van der Waals surface area contributed by atoms with E-state index in [1.54, 1.807) is 31.2 Å². The third-order valence-corrected chi connectivity index (χ3v) is 5.58. The van der Waals surface area contributed by atoms with E-state index in [4.69, 9.17) is 11.6 Å². The Kier molecular flexibility index (Phi) is 5.92. The highest BCUT2D eigenvalue weighted by molar-refractivity contribution is 7.92. The topological polar surface area (TPSA) is 66.5 Å². The largest absolute Gasteiger partial charge is 0.352 e. The highest BCUT2D eigenvalue weighted by Crippen LogP contribution is 2.24. The first-order valence-corrected chi connectivity index (χ1v) is 10.1. The van der Waals surface area contributed by atoms with Gasteiger partial charge < -0.3 is 5.32 Å². The van der Waals surface area contributed by atoms with Gasteiger partial charge in [0, 0.05) is 11.1 Å². The molecule has 2 rings (SSSR count). The number of anilines is 1. The number of rotatable bonds is 5.